The van der Waals surface area contributed by atoms with Gasteiger partial charge in [0, 0.05) is 49.6 Å². The summed E-state index contributed by atoms with van der Waals surface area (Å²) in [5, 5.41) is 11.8. The van der Waals surface area contributed by atoms with Gasteiger partial charge in [0.15, 0.2) is 5.78 Å². The Labute approximate surface area is 229 Å². The van der Waals surface area contributed by atoms with Crippen molar-refractivity contribution in [3.05, 3.63) is 78.2 Å². The molecule has 0 unspecified atom stereocenters. The van der Waals surface area contributed by atoms with Gasteiger partial charge in [-0.25, -0.2) is 0 Å². The first kappa shape index (κ1) is 29.5. The van der Waals surface area contributed by atoms with E-state index < -0.39 is 5.41 Å². The van der Waals surface area contributed by atoms with Crippen LogP contribution in [0.4, 0.5) is 0 Å². The fraction of sp³-hybridized carbons (Fsp3) is 0.355. The van der Waals surface area contributed by atoms with E-state index in [-0.39, 0.29) is 38.0 Å². The van der Waals surface area contributed by atoms with E-state index in [9.17, 15) is 9.90 Å². The molecule has 5 heteroatoms. The zero-order chi connectivity index (χ0) is 26.0. The number of pyridine rings is 1. The molecular formula is C31H36NO3Pt-. The molecule has 36 heavy (non-hydrogen) atoms. The number of hydrogen-bond acceptors (Lipinski definition) is 4. The minimum Gasteiger partial charge on any atom is -0.512 e. The number of fused-ring (bicyclic) bond motifs is 3. The number of hydrogen-bond donors (Lipinski definition) is 1. The van der Waals surface area contributed by atoms with Crippen LogP contribution in [0.3, 0.4) is 0 Å². The van der Waals surface area contributed by atoms with Gasteiger partial charge in [-0.05, 0) is 23.2 Å². The first-order valence-corrected chi connectivity index (χ1v) is 12.0. The van der Waals surface area contributed by atoms with Crippen molar-refractivity contribution in [2.75, 3.05) is 0 Å². The van der Waals surface area contributed by atoms with E-state index in [0.717, 1.165) is 33.2 Å². The van der Waals surface area contributed by atoms with Crippen LogP contribution in [0.25, 0.3) is 33.2 Å². The van der Waals surface area contributed by atoms with Crippen molar-refractivity contribution < 1.29 is 35.4 Å². The third-order valence-electron chi connectivity index (χ3n) is 5.81. The summed E-state index contributed by atoms with van der Waals surface area (Å²) in [6, 6.07) is 19.5. The number of rotatable bonds is 3. The quantitative estimate of drug-likeness (QED) is 0.135. The Bertz CT molecular complexity index is 1350. The molecule has 1 N–H and O–H groups in total. The monoisotopic (exact) mass is 665 g/mol. The molecule has 0 saturated heterocycles. The van der Waals surface area contributed by atoms with E-state index in [1.54, 1.807) is 6.20 Å². The Morgan fingerprint density at radius 2 is 1.61 bits per heavy atom. The van der Waals surface area contributed by atoms with Crippen LogP contribution in [0.15, 0.2) is 71.0 Å². The van der Waals surface area contributed by atoms with Crippen LogP contribution in [0.5, 0.6) is 0 Å². The molecule has 0 radical (unpaired) electrons. The predicted octanol–water partition coefficient (Wildman–Crippen LogP) is 8.66. The SMILES string of the molecule is CC(C)(C)C(=O)/C=C(\O)C(C)(C)C.CC(C)c1cccc2c1oc1c(-c3ccccn3)[c-]ccc12.[Pt]. The topological polar surface area (TPSA) is 63.3 Å². The summed E-state index contributed by atoms with van der Waals surface area (Å²) < 4.78 is 6.26. The van der Waals surface area contributed by atoms with Gasteiger partial charge in [-0.3, -0.25) is 4.79 Å². The van der Waals surface area contributed by atoms with Crippen LogP contribution < -0.4 is 0 Å². The zero-order valence-corrected chi connectivity index (χ0v) is 24.7. The number of carbonyl (C=O) groups is 1. The van der Waals surface area contributed by atoms with E-state index in [4.69, 9.17) is 4.42 Å². The number of aliphatic hydroxyl groups is 1. The Hall–Kier alpha value is -2.71. The number of para-hydroxylation sites is 1. The molecule has 4 rings (SSSR count). The van der Waals surface area contributed by atoms with E-state index in [1.807, 2.05) is 65.8 Å². The van der Waals surface area contributed by atoms with Crippen LogP contribution in [0, 0.1) is 16.9 Å². The summed E-state index contributed by atoms with van der Waals surface area (Å²) in [6.07, 6.45) is 3.13. The van der Waals surface area contributed by atoms with Gasteiger partial charge >= 0.3 is 0 Å². The van der Waals surface area contributed by atoms with Crippen LogP contribution in [-0.2, 0) is 25.9 Å². The maximum absolute atomic E-state index is 11.5. The van der Waals surface area contributed by atoms with E-state index in [2.05, 4.69) is 49.2 Å². The van der Waals surface area contributed by atoms with Crippen LogP contribution in [0.1, 0.15) is 66.9 Å². The Kier molecular flexibility index (Phi) is 9.48. The van der Waals surface area contributed by atoms with Gasteiger partial charge in [0.25, 0.3) is 0 Å². The van der Waals surface area contributed by atoms with Gasteiger partial charge in [-0.1, -0.05) is 96.7 Å². The largest absolute Gasteiger partial charge is 0.512 e. The van der Waals surface area contributed by atoms with Gasteiger partial charge in [0.1, 0.15) is 11.3 Å². The van der Waals surface area contributed by atoms with Gasteiger partial charge in [0.05, 0.1) is 5.58 Å². The summed E-state index contributed by atoms with van der Waals surface area (Å²) in [5.41, 5.74) is 4.12. The van der Waals surface area contributed by atoms with Gasteiger partial charge in [-0.15, -0.1) is 18.2 Å². The molecule has 194 valence electrons. The minimum absolute atomic E-state index is 0. The van der Waals surface area contributed by atoms with Crippen molar-refractivity contribution in [3.63, 3.8) is 0 Å². The number of furan rings is 1. The Balaban J connectivity index is 0.000000285. The fourth-order valence-corrected chi connectivity index (χ4v) is 3.50. The summed E-state index contributed by atoms with van der Waals surface area (Å²) in [6.45, 7) is 15.5. The second-order valence-corrected chi connectivity index (χ2v) is 11.2. The molecule has 0 aliphatic rings. The first-order chi connectivity index (χ1) is 16.3. The molecular weight excluding hydrogens is 629 g/mol. The number of aromatic nitrogens is 1. The second kappa shape index (κ2) is 11.6. The number of benzene rings is 2. The molecule has 0 spiro atoms. The summed E-state index contributed by atoms with van der Waals surface area (Å²) >= 11 is 0. The number of nitrogens with zero attached hydrogens (tertiary/aromatic N) is 1. The third-order valence-corrected chi connectivity index (χ3v) is 5.81. The zero-order valence-electron chi connectivity index (χ0n) is 22.4. The molecule has 2 aromatic carbocycles. The Morgan fingerprint density at radius 3 is 2.17 bits per heavy atom. The van der Waals surface area contributed by atoms with Crippen LogP contribution >= 0.6 is 0 Å². The molecule has 0 bridgehead atoms. The molecule has 4 aromatic rings. The normalized spacial score (nSPS) is 12.3. The van der Waals surface area contributed by atoms with E-state index >= 15 is 0 Å². The van der Waals surface area contributed by atoms with E-state index in [1.165, 1.54) is 11.6 Å². The van der Waals surface area contributed by atoms with Crippen molar-refractivity contribution in [2.45, 2.75) is 61.3 Å². The van der Waals surface area contributed by atoms with Crippen molar-refractivity contribution in [1.82, 2.24) is 4.98 Å². The standard InChI is InChI=1S/C20H16NO.C11H20O2.Pt/c1-13(2)14-7-5-8-15-16-9-6-10-17(20(16)22-19(14)15)18-11-3-4-12-21-18;1-10(2,3)8(12)7-9(13)11(4,5)6;/h3-9,11-13H,1-2H3;7,12H,1-6H3;/q-1;;/b;8-7-;. The summed E-state index contributed by atoms with van der Waals surface area (Å²) in [5.74, 6) is 0.527. The molecule has 4 nitrogen and oxygen atoms in total. The average molecular weight is 666 g/mol. The number of carbonyl (C=O) groups excluding carboxylic acids is 1. The second-order valence-electron chi connectivity index (χ2n) is 11.2. The average Bonchev–Trinajstić information content (AvgIpc) is 3.17. The molecule has 2 heterocycles. The smallest absolute Gasteiger partial charge is 0.164 e. The van der Waals surface area contributed by atoms with Crippen LogP contribution in [-0.4, -0.2) is 15.9 Å². The molecule has 0 aliphatic heterocycles. The molecule has 0 aliphatic carbocycles. The van der Waals surface area contributed by atoms with Crippen molar-refractivity contribution >= 4 is 27.7 Å². The summed E-state index contributed by atoms with van der Waals surface area (Å²) in [4.78, 5) is 15.9. The molecule has 0 saturated carbocycles. The molecule has 0 fully saturated rings. The predicted molar refractivity (Wildman–Crippen MR) is 145 cm³/mol. The van der Waals surface area contributed by atoms with Gasteiger partial charge < -0.3 is 14.5 Å². The first-order valence-electron chi connectivity index (χ1n) is 12.0. The summed E-state index contributed by atoms with van der Waals surface area (Å²) in [7, 11) is 0. The fourth-order valence-electron chi connectivity index (χ4n) is 3.50. The molecule has 2 aromatic heterocycles. The molecule has 0 atom stereocenters. The van der Waals surface area contributed by atoms with Crippen LogP contribution in [0.2, 0.25) is 0 Å². The van der Waals surface area contributed by atoms with Gasteiger partial charge in [-0.2, -0.15) is 0 Å². The number of ketones is 1. The maximum Gasteiger partial charge on any atom is 0.164 e. The van der Waals surface area contributed by atoms with E-state index in [0.29, 0.717) is 5.92 Å². The third kappa shape index (κ3) is 6.73. The van der Waals surface area contributed by atoms with Crippen molar-refractivity contribution in [3.8, 4) is 11.3 Å². The van der Waals surface area contributed by atoms with Crippen molar-refractivity contribution in [2.24, 2.45) is 10.8 Å². The Morgan fingerprint density at radius 1 is 0.944 bits per heavy atom. The number of allylic oxidation sites excluding steroid dienone is 2. The van der Waals surface area contributed by atoms with Gasteiger partial charge in [0.2, 0.25) is 0 Å². The maximum atomic E-state index is 11.5. The van der Waals surface area contributed by atoms with Crippen molar-refractivity contribution in [1.29, 1.82) is 0 Å². The minimum atomic E-state index is -0.417. The molecule has 0 amide bonds. The number of aliphatic hydroxyl groups excluding tert-OH is 1.